The second-order valence-corrected chi connectivity index (χ2v) is 6.99. The summed E-state index contributed by atoms with van der Waals surface area (Å²) in [5.74, 6) is -1.72. The molecule has 1 aliphatic rings. The summed E-state index contributed by atoms with van der Waals surface area (Å²) < 4.78 is 48.8. The first-order chi connectivity index (χ1) is 15.8. The van der Waals surface area contributed by atoms with E-state index in [1.165, 1.54) is 26.2 Å². The predicted molar refractivity (Wildman–Crippen MR) is 114 cm³/mol. The summed E-state index contributed by atoms with van der Waals surface area (Å²) in [6.07, 6.45) is 0. The van der Waals surface area contributed by atoms with Gasteiger partial charge < -0.3 is 24.3 Å². The minimum absolute atomic E-state index is 0.0769. The number of halogens is 2. The lowest BCUT2D eigenvalue weighted by molar-refractivity contribution is -0.139. The number of carbonyl (C=O) groups is 2. The molecule has 3 rings (SSSR count). The third kappa shape index (κ3) is 5.00. The van der Waals surface area contributed by atoms with Crippen LogP contribution in [0.2, 0.25) is 0 Å². The molecule has 1 atom stereocenters. The van der Waals surface area contributed by atoms with Gasteiger partial charge in [-0.05, 0) is 37.3 Å². The topological polar surface area (TPSA) is 86.3 Å². The molecule has 8 nitrogen and oxygen atoms in total. The quantitative estimate of drug-likeness (QED) is 0.604. The van der Waals surface area contributed by atoms with Gasteiger partial charge in [0.25, 0.3) is 0 Å². The summed E-state index contributed by atoms with van der Waals surface area (Å²) in [6.45, 7) is 1.38. The number of carbonyl (C=O) groups excluding carboxylic acids is 2. The van der Waals surface area contributed by atoms with Crippen molar-refractivity contribution in [1.29, 1.82) is 0 Å². The van der Waals surface area contributed by atoms with Crippen molar-refractivity contribution in [2.24, 2.45) is 0 Å². The number of rotatable bonds is 8. The molecular formula is C23H24F2N2O6. The van der Waals surface area contributed by atoms with E-state index in [0.29, 0.717) is 23.1 Å². The van der Waals surface area contributed by atoms with Crippen LogP contribution in [-0.4, -0.2) is 51.4 Å². The number of nitrogens with one attached hydrogen (secondary N) is 1. The second-order valence-electron chi connectivity index (χ2n) is 6.99. The Morgan fingerprint density at radius 2 is 1.82 bits per heavy atom. The minimum atomic E-state index is -0.963. The van der Waals surface area contributed by atoms with Crippen molar-refractivity contribution in [3.05, 3.63) is 64.9 Å². The molecule has 1 unspecified atom stereocenters. The average Bonchev–Trinajstić information content (AvgIpc) is 2.80. The average molecular weight is 462 g/mol. The van der Waals surface area contributed by atoms with Gasteiger partial charge in [0.15, 0.2) is 11.6 Å². The van der Waals surface area contributed by atoms with E-state index in [9.17, 15) is 18.4 Å². The summed E-state index contributed by atoms with van der Waals surface area (Å²) in [5, 5.41) is 2.76. The van der Waals surface area contributed by atoms with Gasteiger partial charge in [-0.15, -0.1) is 0 Å². The van der Waals surface area contributed by atoms with Gasteiger partial charge in [0.1, 0.15) is 23.9 Å². The Balaban J connectivity index is 2.12. The summed E-state index contributed by atoms with van der Waals surface area (Å²) in [6, 6.07) is 6.30. The number of methoxy groups -OCH3 is 2. The molecule has 176 valence electrons. The highest BCUT2D eigenvalue weighted by Crippen LogP contribution is 2.37. The molecule has 2 amide bonds. The van der Waals surface area contributed by atoms with Gasteiger partial charge in [-0.25, -0.2) is 18.4 Å². The molecule has 0 saturated heterocycles. The molecule has 0 spiro atoms. The number of amides is 2. The number of urea groups is 1. The van der Waals surface area contributed by atoms with E-state index in [2.05, 4.69) is 5.32 Å². The molecule has 0 aromatic heterocycles. The van der Waals surface area contributed by atoms with Gasteiger partial charge in [0.05, 0.1) is 38.1 Å². The second kappa shape index (κ2) is 10.2. The van der Waals surface area contributed by atoms with Crippen molar-refractivity contribution in [2.45, 2.75) is 13.0 Å². The van der Waals surface area contributed by atoms with Crippen LogP contribution < -0.4 is 19.5 Å². The van der Waals surface area contributed by atoms with Crippen LogP contribution in [0.1, 0.15) is 18.5 Å². The predicted octanol–water partition coefficient (Wildman–Crippen LogP) is 3.57. The number of hydrogen-bond acceptors (Lipinski definition) is 6. The van der Waals surface area contributed by atoms with E-state index < -0.39 is 29.7 Å². The zero-order chi connectivity index (χ0) is 24.1. The fourth-order valence-corrected chi connectivity index (χ4v) is 3.42. The zero-order valence-electron chi connectivity index (χ0n) is 18.6. The lowest BCUT2D eigenvalue weighted by Gasteiger charge is -2.35. The molecular weight excluding hydrogens is 438 g/mol. The number of esters is 1. The first-order valence-corrected chi connectivity index (χ1v) is 10.0. The molecule has 33 heavy (non-hydrogen) atoms. The molecule has 10 heteroatoms. The lowest BCUT2D eigenvalue weighted by atomic mass is 9.93. The highest BCUT2D eigenvalue weighted by molar-refractivity contribution is 5.95. The first-order valence-electron chi connectivity index (χ1n) is 10.0. The smallest absolute Gasteiger partial charge is 0.338 e. The van der Waals surface area contributed by atoms with Crippen LogP contribution in [0.25, 0.3) is 0 Å². The number of benzene rings is 2. The standard InChI is InChI=1S/C23H24F2N2O6/c1-5-32-22(28)20-17(12-33-19-8-6-13(24)10-16(19)25)27(2)23(29)26-21(20)15-11-14(30-3)7-9-18(15)31-4/h6-11,21H,5,12H2,1-4H3,(H,26,29). The minimum Gasteiger partial charge on any atom is -0.497 e. The molecule has 1 heterocycles. The number of nitrogens with zero attached hydrogens (tertiary/aromatic N) is 1. The van der Waals surface area contributed by atoms with Crippen LogP contribution in [0.4, 0.5) is 13.6 Å². The molecule has 1 N–H and O–H groups in total. The van der Waals surface area contributed by atoms with Crippen molar-refractivity contribution >= 4 is 12.0 Å². The van der Waals surface area contributed by atoms with E-state index in [4.69, 9.17) is 18.9 Å². The summed E-state index contributed by atoms with van der Waals surface area (Å²) in [4.78, 5) is 27.0. The van der Waals surface area contributed by atoms with Crippen LogP contribution in [0, 0.1) is 11.6 Å². The number of ether oxygens (including phenoxy) is 4. The molecule has 0 radical (unpaired) electrons. The van der Waals surface area contributed by atoms with Gasteiger partial charge in [0.2, 0.25) is 0 Å². The molecule has 0 bridgehead atoms. The van der Waals surface area contributed by atoms with Gasteiger partial charge in [-0.1, -0.05) is 0 Å². The van der Waals surface area contributed by atoms with Crippen LogP contribution in [0.5, 0.6) is 17.2 Å². The van der Waals surface area contributed by atoms with Gasteiger partial charge in [-0.2, -0.15) is 0 Å². The summed E-state index contributed by atoms with van der Waals surface area (Å²) in [7, 11) is 4.38. The molecule has 1 aliphatic heterocycles. The van der Waals surface area contributed by atoms with Crippen LogP contribution in [0.3, 0.4) is 0 Å². The maximum Gasteiger partial charge on any atom is 0.338 e. The van der Waals surface area contributed by atoms with Gasteiger partial charge in [0, 0.05) is 18.7 Å². The summed E-state index contributed by atoms with van der Waals surface area (Å²) in [5.41, 5.74) is 0.677. The Morgan fingerprint density at radius 3 is 2.45 bits per heavy atom. The Hall–Kier alpha value is -3.82. The third-order valence-corrected chi connectivity index (χ3v) is 5.08. The Kier molecular flexibility index (Phi) is 7.37. The van der Waals surface area contributed by atoms with E-state index in [0.717, 1.165) is 12.1 Å². The van der Waals surface area contributed by atoms with E-state index in [1.54, 1.807) is 25.1 Å². The number of likely N-dealkylation sites (N-methyl/N-ethyl adjacent to an activating group) is 1. The van der Waals surface area contributed by atoms with Crippen LogP contribution in [0.15, 0.2) is 47.7 Å². The monoisotopic (exact) mass is 462 g/mol. The molecule has 0 fully saturated rings. The Morgan fingerprint density at radius 1 is 1.09 bits per heavy atom. The van der Waals surface area contributed by atoms with Crippen molar-refractivity contribution in [2.75, 3.05) is 34.5 Å². The molecule has 2 aromatic rings. The van der Waals surface area contributed by atoms with Gasteiger partial charge in [-0.3, -0.25) is 4.90 Å². The molecule has 2 aromatic carbocycles. The van der Waals surface area contributed by atoms with Crippen LogP contribution in [-0.2, 0) is 9.53 Å². The largest absolute Gasteiger partial charge is 0.497 e. The summed E-state index contributed by atoms with van der Waals surface area (Å²) >= 11 is 0. The van der Waals surface area contributed by atoms with E-state index >= 15 is 0 Å². The zero-order valence-corrected chi connectivity index (χ0v) is 18.6. The van der Waals surface area contributed by atoms with Crippen LogP contribution >= 0.6 is 0 Å². The highest BCUT2D eigenvalue weighted by atomic mass is 19.1. The fraction of sp³-hybridized carbons (Fsp3) is 0.304. The van der Waals surface area contributed by atoms with E-state index in [1.807, 2.05) is 0 Å². The van der Waals surface area contributed by atoms with Crippen molar-refractivity contribution in [3.63, 3.8) is 0 Å². The van der Waals surface area contributed by atoms with E-state index in [-0.39, 0.29) is 30.2 Å². The van der Waals surface area contributed by atoms with Crippen molar-refractivity contribution < 1.29 is 37.3 Å². The SMILES string of the molecule is CCOC(=O)C1=C(COc2ccc(F)cc2F)N(C)C(=O)NC1c1cc(OC)ccc1OC. The maximum absolute atomic E-state index is 14.1. The Bertz CT molecular complexity index is 1090. The lowest BCUT2D eigenvalue weighted by Crippen LogP contribution is -2.48. The van der Waals surface area contributed by atoms with Gasteiger partial charge >= 0.3 is 12.0 Å². The van der Waals surface area contributed by atoms with Crippen molar-refractivity contribution in [3.8, 4) is 17.2 Å². The maximum atomic E-state index is 14.1. The number of hydrogen-bond donors (Lipinski definition) is 1. The molecule has 0 saturated carbocycles. The normalized spacial score (nSPS) is 15.8. The Labute approximate surface area is 189 Å². The third-order valence-electron chi connectivity index (χ3n) is 5.08. The highest BCUT2D eigenvalue weighted by Gasteiger charge is 2.38. The first kappa shape index (κ1) is 23.8. The fourth-order valence-electron chi connectivity index (χ4n) is 3.42. The van der Waals surface area contributed by atoms with Crippen molar-refractivity contribution in [1.82, 2.24) is 10.2 Å². The molecule has 0 aliphatic carbocycles.